The van der Waals surface area contributed by atoms with E-state index in [4.69, 9.17) is 18.9 Å². The summed E-state index contributed by atoms with van der Waals surface area (Å²) in [6, 6.07) is 0. The van der Waals surface area contributed by atoms with E-state index in [1.165, 1.54) is 64.2 Å². The zero-order chi connectivity index (χ0) is 49.2. The maximum Gasteiger partial charge on any atom is 0.306 e. The molecule has 0 aliphatic heterocycles. The number of likely N-dealkylation sites (N-methyl/N-ethyl adjacent to an activating group) is 1. The molecule has 0 N–H and O–H groups in total. The highest BCUT2D eigenvalue weighted by atomic mass is 16.7. The number of quaternary nitrogens is 1. The number of nitrogens with zero attached hydrogens (tertiary/aromatic N) is 1. The summed E-state index contributed by atoms with van der Waals surface area (Å²) in [5, 5.41) is 11.7. The van der Waals surface area contributed by atoms with Crippen LogP contribution in [0.3, 0.4) is 0 Å². The number of ether oxygens (including phenoxy) is 4. The Morgan fingerprint density at radius 2 is 0.851 bits per heavy atom. The second kappa shape index (κ2) is 48.7. The molecule has 382 valence electrons. The molecule has 0 rings (SSSR count). The van der Waals surface area contributed by atoms with Crippen molar-refractivity contribution in [2.45, 2.75) is 206 Å². The van der Waals surface area contributed by atoms with Gasteiger partial charge in [-0.05, 0) is 96.3 Å². The first-order valence-corrected chi connectivity index (χ1v) is 26.4. The third-order valence-corrected chi connectivity index (χ3v) is 10.8. The number of hydrogen-bond acceptors (Lipinski definition) is 8. The van der Waals surface area contributed by atoms with Crippen LogP contribution in [0.25, 0.3) is 0 Å². The van der Waals surface area contributed by atoms with Crippen molar-refractivity contribution in [3.8, 4) is 0 Å². The number of esters is 2. The van der Waals surface area contributed by atoms with Gasteiger partial charge in [-0.25, -0.2) is 0 Å². The molecule has 9 heteroatoms. The van der Waals surface area contributed by atoms with Gasteiger partial charge in [0.05, 0.1) is 40.3 Å². The van der Waals surface area contributed by atoms with Gasteiger partial charge in [0.25, 0.3) is 0 Å². The zero-order valence-electron chi connectivity index (χ0n) is 43.2. The Balaban J connectivity index is 4.41. The number of hydrogen-bond donors (Lipinski definition) is 0. The number of allylic oxidation sites excluding steroid dienone is 16. The Morgan fingerprint density at radius 1 is 0.463 bits per heavy atom. The second-order valence-corrected chi connectivity index (χ2v) is 18.4. The molecule has 0 spiro atoms. The van der Waals surface area contributed by atoms with Crippen LogP contribution < -0.4 is 5.11 Å². The van der Waals surface area contributed by atoms with E-state index in [0.717, 1.165) is 96.3 Å². The number of carbonyl (C=O) groups excluding carboxylic acids is 3. The monoisotopic (exact) mass is 936 g/mol. The van der Waals surface area contributed by atoms with Gasteiger partial charge in [-0.2, -0.15) is 0 Å². The van der Waals surface area contributed by atoms with Crippen molar-refractivity contribution < 1.29 is 42.9 Å². The summed E-state index contributed by atoms with van der Waals surface area (Å²) in [5.41, 5.74) is 0. The van der Waals surface area contributed by atoms with Crippen molar-refractivity contribution in [1.29, 1.82) is 0 Å². The van der Waals surface area contributed by atoms with Crippen LogP contribution in [0.1, 0.15) is 194 Å². The summed E-state index contributed by atoms with van der Waals surface area (Å²) >= 11 is 0. The molecule has 0 saturated heterocycles. The lowest BCUT2D eigenvalue weighted by Crippen LogP contribution is -2.44. The lowest BCUT2D eigenvalue weighted by Gasteiger charge is -2.26. The molecule has 9 nitrogen and oxygen atoms in total. The zero-order valence-corrected chi connectivity index (χ0v) is 43.2. The predicted octanol–water partition coefficient (Wildman–Crippen LogP) is 13.7. The van der Waals surface area contributed by atoms with Crippen LogP contribution in [-0.2, 0) is 33.3 Å². The van der Waals surface area contributed by atoms with Gasteiger partial charge in [-0.1, -0.05) is 182 Å². The van der Waals surface area contributed by atoms with Gasteiger partial charge in [-0.3, -0.25) is 9.59 Å². The summed E-state index contributed by atoms with van der Waals surface area (Å²) in [6.45, 7) is 4.55. The summed E-state index contributed by atoms with van der Waals surface area (Å²) in [6.07, 6.45) is 61.6. The Kier molecular flexibility index (Phi) is 45.9. The molecule has 0 aliphatic rings. The highest BCUT2D eigenvalue weighted by molar-refractivity contribution is 5.70. The highest BCUT2D eigenvalue weighted by Crippen LogP contribution is 2.13. The van der Waals surface area contributed by atoms with E-state index >= 15 is 0 Å². The molecular weight excluding hydrogens is 839 g/mol. The van der Waals surface area contributed by atoms with E-state index in [1.54, 1.807) is 0 Å². The van der Waals surface area contributed by atoms with Crippen molar-refractivity contribution >= 4 is 17.9 Å². The van der Waals surface area contributed by atoms with Crippen LogP contribution in [0.4, 0.5) is 0 Å². The number of unbranched alkanes of at least 4 members (excludes halogenated alkanes) is 16. The third-order valence-electron chi connectivity index (χ3n) is 10.8. The predicted molar refractivity (Wildman–Crippen MR) is 278 cm³/mol. The van der Waals surface area contributed by atoms with Crippen LogP contribution >= 0.6 is 0 Å². The SMILES string of the molecule is CC/C=C\C/C=C\C/C=C\C/C=C\C/C=C\CCCCCC(=O)OC(COC(=O)CCCCCCCCCC/C=C\C/C=C\C/C=C\CCCCCCC)COC(OCC[N+](C)(C)C)C(=O)[O-]. The summed E-state index contributed by atoms with van der Waals surface area (Å²) in [4.78, 5) is 37.2. The molecule has 0 fully saturated rings. The van der Waals surface area contributed by atoms with E-state index in [9.17, 15) is 19.5 Å². The number of carbonyl (C=O) groups is 3. The normalized spacial score (nSPS) is 13.6. The maximum atomic E-state index is 12.8. The molecule has 0 heterocycles. The molecule has 67 heavy (non-hydrogen) atoms. The third kappa shape index (κ3) is 49.9. The van der Waals surface area contributed by atoms with Crippen molar-refractivity contribution in [2.24, 2.45) is 0 Å². The van der Waals surface area contributed by atoms with Gasteiger partial charge in [-0.15, -0.1) is 0 Å². The van der Waals surface area contributed by atoms with Crippen molar-refractivity contribution in [1.82, 2.24) is 0 Å². The maximum absolute atomic E-state index is 12.8. The van der Waals surface area contributed by atoms with Crippen LogP contribution in [0.2, 0.25) is 0 Å². The van der Waals surface area contributed by atoms with Crippen LogP contribution in [0, 0.1) is 0 Å². The van der Waals surface area contributed by atoms with Crippen molar-refractivity contribution in [3.05, 3.63) is 97.2 Å². The number of carboxylic acid groups (broad SMARTS) is 1. The lowest BCUT2D eigenvalue weighted by molar-refractivity contribution is -0.870. The topological polar surface area (TPSA) is 111 Å². The summed E-state index contributed by atoms with van der Waals surface area (Å²) < 4.78 is 22.6. The van der Waals surface area contributed by atoms with E-state index in [2.05, 4.69) is 111 Å². The smallest absolute Gasteiger partial charge is 0.306 e. The fraction of sp³-hybridized carbons (Fsp3) is 0.672. The average Bonchev–Trinajstić information content (AvgIpc) is 3.29. The molecule has 0 bridgehead atoms. The standard InChI is InChI=1S/C58H97NO8/c1-6-8-10-12-14-16-18-20-22-24-26-27-28-29-31-32-34-36-38-40-42-44-46-48-55(60)65-52-54(53-66-58(57(62)63)64-51-50-59(3,4)5)67-56(61)49-47-45-43-41-39-37-35-33-30-25-23-21-19-17-15-13-11-9-7-2/h9,11,15,17-18,20-21,23-24,26,28-30,33,37,39,54,58H,6-8,10,12-14,16,19,22,25,27,31-32,34-36,38,40-53H2,1-5H3/b11-9-,17-15-,20-18-,23-21-,26-24-,29-28-,33-30-,39-37-. The fourth-order valence-corrected chi connectivity index (χ4v) is 6.74. The first kappa shape index (κ1) is 63.2. The minimum atomic E-state index is -1.64. The van der Waals surface area contributed by atoms with Crippen molar-refractivity contribution in [3.63, 3.8) is 0 Å². The molecular formula is C58H97NO8. The Hall–Kier alpha value is -3.79. The molecule has 0 aromatic rings. The minimum Gasteiger partial charge on any atom is -0.545 e. The molecule has 0 aromatic carbocycles. The van der Waals surface area contributed by atoms with Crippen LogP contribution in [0.5, 0.6) is 0 Å². The van der Waals surface area contributed by atoms with Gasteiger partial charge in [0, 0.05) is 12.8 Å². The highest BCUT2D eigenvalue weighted by Gasteiger charge is 2.21. The molecule has 0 amide bonds. The van der Waals surface area contributed by atoms with Gasteiger partial charge in [0.15, 0.2) is 12.4 Å². The quantitative estimate of drug-likeness (QED) is 0.0195. The first-order valence-electron chi connectivity index (χ1n) is 26.4. The van der Waals surface area contributed by atoms with Gasteiger partial charge >= 0.3 is 11.9 Å². The van der Waals surface area contributed by atoms with Crippen molar-refractivity contribution in [2.75, 3.05) is 47.5 Å². The Bertz CT molecular complexity index is 1420. The average molecular weight is 936 g/mol. The lowest BCUT2D eigenvalue weighted by atomic mass is 10.1. The Labute approximate surface area is 410 Å². The Morgan fingerprint density at radius 3 is 1.28 bits per heavy atom. The minimum absolute atomic E-state index is 0.134. The number of aliphatic carboxylic acids is 1. The van der Waals surface area contributed by atoms with Crippen LogP contribution in [0.15, 0.2) is 97.2 Å². The number of carboxylic acids is 1. The second-order valence-electron chi connectivity index (χ2n) is 18.4. The van der Waals surface area contributed by atoms with Gasteiger partial charge < -0.3 is 33.3 Å². The van der Waals surface area contributed by atoms with E-state index in [0.29, 0.717) is 17.4 Å². The van der Waals surface area contributed by atoms with Gasteiger partial charge in [0.1, 0.15) is 13.2 Å². The molecule has 0 saturated carbocycles. The molecule has 2 unspecified atom stereocenters. The molecule has 0 radical (unpaired) electrons. The summed E-state index contributed by atoms with van der Waals surface area (Å²) in [5.74, 6) is -2.35. The largest absolute Gasteiger partial charge is 0.545 e. The molecule has 2 atom stereocenters. The molecule has 0 aromatic heterocycles. The van der Waals surface area contributed by atoms with E-state index < -0.39 is 24.3 Å². The van der Waals surface area contributed by atoms with Gasteiger partial charge in [0.2, 0.25) is 0 Å². The van der Waals surface area contributed by atoms with E-state index in [1.807, 2.05) is 21.1 Å². The fourth-order valence-electron chi connectivity index (χ4n) is 6.74. The van der Waals surface area contributed by atoms with Crippen LogP contribution in [-0.4, -0.2) is 82.3 Å². The first-order chi connectivity index (χ1) is 32.6. The van der Waals surface area contributed by atoms with E-state index in [-0.39, 0.29) is 38.6 Å². The summed E-state index contributed by atoms with van der Waals surface area (Å²) in [7, 11) is 5.89. The molecule has 0 aliphatic carbocycles. The number of rotatable bonds is 47.